The lowest BCUT2D eigenvalue weighted by atomic mass is 10.2. The molecule has 4 nitrogen and oxygen atoms in total. The highest BCUT2D eigenvalue weighted by atomic mass is 35.5. The third kappa shape index (κ3) is 3.56. The highest BCUT2D eigenvalue weighted by molar-refractivity contribution is 6.33. The van der Waals surface area contributed by atoms with Gasteiger partial charge in [-0.3, -0.25) is 10.3 Å². The van der Waals surface area contributed by atoms with Gasteiger partial charge in [-0.05, 0) is 30.7 Å². The van der Waals surface area contributed by atoms with Crippen LogP contribution in [0.5, 0.6) is 0 Å². The fourth-order valence-electron chi connectivity index (χ4n) is 1.64. The van der Waals surface area contributed by atoms with Gasteiger partial charge in [0.15, 0.2) is 5.82 Å². The molecule has 0 fully saturated rings. The molecule has 0 aliphatic rings. The Balaban J connectivity index is 2.27. The van der Waals surface area contributed by atoms with Crippen molar-refractivity contribution in [2.75, 3.05) is 11.6 Å². The highest BCUT2D eigenvalue weighted by Gasteiger charge is 2.06. The standard InChI is InChI=1S/C13H13Cl2N3O/c1-2-7-18(19)10-5-3-9(4-6-10)13-16-11(14)8-12(15)17-13/h3-6,8,19H,2,7H2,1H3. The van der Waals surface area contributed by atoms with Gasteiger partial charge >= 0.3 is 0 Å². The molecule has 0 radical (unpaired) electrons. The van der Waals surface area contributed by atoms with Gasteiger partial charge in [0.05, 0.1) is 5.69 Å². The van der Waals surface area contributed by atoms with Gasteiger partial charge in [-0.15, -0.1) is 0 Å². The SMILES string of the molecule is CCCN(O)c1ccc(-c2nc(Cl)cc(Cl)n2)cc1. The second kappa shape index (κ2) is 6.19. The van der Waals surface area contributed by atoms with E-state index in [4.69, 9.17) is 23.2 Å². The Bertz CT molecular complexity index is 540. The molecule has 6 heteroatoms. The van der Waals surface area contributed by atoms with Crippen LogP contribution in [0.25, 0.3) is 11.4 Å². The van der Waals surface area contributed by atoms with Crippen LogP contribution in [0, 0.1) is 0 Å². The zero-order chi connectivity index (χ0) is 13.8. The zero-order valence-corrected chi connectivity index (χ0v) is 11.9. The average molecular weight is 298 g/mol. The quantitative estimate of drug-likeness (QED) is 0.683. The minimum Gasteiger partial charge on any atom is -0.288 e. The average Bonchev–Trinajstić information content (AvgIpc) is 2.38. The normalized spacial score (nSPS) is 10.5. The van der Waals surface area contributed by atoms with Crippen molar-refractivity contribution < 1.29 is 5.21 Å². The van der Waals surface area contributed by atoms with Crippen molar-refractivity contribution in [3.8, 4) is 11.4 Å². The molecule has 0 aliphatic carbocycles. The Kier molecular flexibility index (Phi) is 4.58. The molecular formula is C13H13Cl2N3O. The number of hydrogen-bond donors (Lipinski definition) is 1. The molecule has 0 spiro atoms. The Morgan fingerprint density at radius 2 is 1.68 bits per heavy atom. The van der Waals surface area contributed by atoms with Crippen molar-refractivity contribution in [3.63, 3.8) is 0 Å². The maximum absolute atomic E-state index is 9.73. The lowest BCUT2D eigenvalue weighted by Crippen LogP contribution is -2.18. The van der Waals surface area contributed by atoms with Crippen molar-refractivity contribution >= 4 is 28.9 Å². The molecule has 1 aromatic carbocycles. The first kappa shape index (κ1) is 14.1. The van der Waals surface area contributed by atoms with E-state index in [1.165, 1.54) is 11.1 Å². The highest BCUT2D eigenvalue weighted by Crippen LogP contribution is 2.23. The second-order valence-corrected chi connectivity index (χ2v) is 4.78. The molecule has 19 heavy (non-hydrogen) atoms. The largest absolute Gasteiger partial charge is 0.288 e. The lowest BCUT2D eigenvalue weighted by molar-refractivity contribution is 0.254. The molecule has 1 N–H and O–H groups in total. The lowest BCUT2D eigenvalue weighted by Gasteiger charge is -2.15. The van der Waals surface area contributed by atoms with Crippen LogP contribution in [0.1, 0.15) is 13.3 Å². The summed E-state index contributed by atoms with van der Waals surface area (Å²) in [6.07, 6.45) is 0.866. The number of benzene rings is 1. The molecule has 1 heterocycles. The van der Waals surface area contributed by atoms with Crippen molar-refractivity contribution in [1.82, 2.24) is 9.97 Å². The number of halogens is 2. The van der Waals surface area contributed by atoms with E-state index >= 15 is 0 Å². The maximum Gasteiger partial charge on any atom is 0.162 e. The van der Waals surface area contributed by atoms with Crippen LogP contribution in [0.4, 0.5) is 5.69 Å². The Morgan fingerprint density at radius 3 is 2.21 bits per heavy atom. The van der Waals surface area contributed by atoms with E-state index < -0.39 is 0 Å². The van der Waals surface area contributed by atoms with Gasteiger partial charge in [-0.1, -0.05) is 30.1 Å². The predicted octanol–water partition coefficient (Wildman–Crippen LogP) is 4.06. The van der Waals surface area contributed by atoms with Gasteiger partial charge in [-0.25, -0.2) is 9.97 Å². The topological polar surface area (TPSA) is 49.2 Å². The summed E-state index contributed by atoms with van der Waals surface area (Å²) in [4.78, 5) is 8.22. The van der Waals surface area contributed by atoms with Crippen LogP contribution >= 0.6 is 23.2 Å². The van der Waals surface area contributed by atoms with Crippen molar-refractivity contribution in [1.29, 1.82) is 0 Å². The zero-order valence-electron chi connectivity index (χ0n) is 10.3. The van der Waals surface area contributed by atoms with Crippen LogP contribution in [0.15, 0.2) is 30.3 Å². The number of aromatic nitrogens is 2. The molecule has 0 bridgehead atoms. The van der Waals surface area contributed by atoms with E-state index in [1.54, 1.807) is 12.1 Å². The van der Waals surface area contributed by atoms with Gasteiger partial charge in [0, 0.05) is 18.2 Å². The van der Waals surface area contributed by atoms with Crippen molar-refractivity contribution in [2.45, 2.75) is 13.3 Å². The van der Waals surface area contributed by atoms with E-state index in [9.17, 15) is 5.21 Å². The fraction of sp³-hybridized carbons (Fsp3) is 0.231. The Hall–Kier alpha value is -1.36. The first-order chi connectivity index (χ1) is 9.10. The minimum atomic E-state index is 0.300. The van der Waals surface area contributed by atoms with Gasteiger partial charge in [-0.2, -0.15) is 0 Å². The van der Waals surface area contributed by atoms with E-state index in [0.717, 1.165) is 17.7 Å². The number of hydroxylamine groups is 1. The second-order valence-electron chi connectivity index (χ2n) is 4.01. The molecule has 0 saturated carbocycles. The van der Waals surface area contributed by atoms with Crippen molar-refractivity contribution in [3.05, 3.63) is 40.6 Å². The van der Waals surface area contributed by atoms with Crippen LogP contribution in [-0.4, -0.2) is 21.7 Å². The van der Waals surface area contributed by atoms with Crippen LogP contribution < -0.4 is 5.06 Å². The molecule has 0 aliphatic heterocycles. The molecule has 0 unspecified atom stereocenters. The summed E-state index contributed by atoms with van der Waals surface area (Å²) in [5.74, 6) is 0.462. The first-order valence-electron chi connectivity index (χ1n) is 5.87. The smallest absolute Gasteiger partial charge is 0.162 e. The van der Waals surface area contributed by atoms with E-state index in [1.807, 2.05) is 19.1 Å². The summed E-state index contributed by atoms with van der Waals surface area (Å²) >= 11 is 11.7. The number of rotatable bonds is 4. The third-order valence-corrected chi connectivity index (χ3v) is 2.91. The third-order valence-electron chi connectivity index (χ3n) is 2.52. The molecule has 0 saturated heterocycles. The number of anilines is 1. The molecule has 0 amide bonds. The predicted molar refractivity (Wildman–Crippen MR) is 76.9 cm³/mol. The molecule has 2 rings (SSSR count). The Morgan fingerprint density at radius 1 is 1.11 bits per heavy atom. The summed E-state index contributed by atoms with van der Waals surface area (Å²) < 4.78 is 0. The van der Waals surface area contributed by atoms with Gasteiger partial charge in [0.1, 0.15) is 10.3 Å². The summed E-state index contributed by atoms with van der Waals surface area (Å²) in [6, 6.07) is 8.70. The van der Waals surface area contributed by atoms with Crippen molar-refractivity contribution in [2.24, 2.45) is 0 Å². The summed E-state index contributed by atoms with van der Waals surface area (Å²) in [6.45, 7) is 2.58. The summed E-state index contributed by atoms with van der Waals surface area (Å²) in [7, 11) is 0. The van der Waals surface area contributed by atoms with Crippen LogP contribution in [0.3, 0.4) is 0 Å². The van der Waals surface area contributed by atoms with E-state index in [2.05, 4.69) is 9.97 Å². The number of nitrogens with zero attached hydrogens (tertiary/aromatic N) is 3. The molecule has 0 atom stereocenters. The summed E-state index contributed by atoms with van der Waals surface area (Å²) in [5, 5.41) is 11.5. The summed E-state index contributed by atoms with van der Waals surface area (Å²) in [5.41, 5.74) is 1.51. The van der Waals surface area contributed by atoms with Gasteiger partial charge in [0.25, 0.3) is 0 Å². The van der Waals surface area contributed by atoms with E-state index in [0.29, 0.717) is 22.7 Å². The van der Waals surface area contributed by atoms with Crippen LogP contribution in [-0.2, 0) is 0 Å². The van der Waals surface area contributed by atoms with Gasteiger partial charge in [0.2, 0.25) is 0 Å². The monoisotopic (exact) mass is 297 g/mol. The first-order valence-corrected chi connectivity index (χ1v) is 6.62. The molecule has 100 valence electrons. The molecular weight excluding hydrogens is 285 g/mol. The van der Waals surface area contributed by atoms with Gasteiger partial charge < -0.3 is 0 Å². The maximum atomic E-state index is 9.73. The molecule has 1 aromatic heterocycles. The fourth-order valence-corrected chi connectivity index (χ4v) is 2.07. The minimum absolute atomic E-state index is 0.300. The molecule has 2 aromatic rings. The number of hydrogen-bond acceptors (Lipinski definition) is 4. The Labute approximate surface area is 121 Å². The van der Waals surface area contributed by atoms with E-state index in [-0.39, 0.29) is 0 Å². The van der Waals surface area contributed by atoms with Crippen LogP contribution in [0.2, 0.25) is 10.3 Å².